The molecule has 0 amide bonds. The summed E-state index contributed by atoms with van der Waals surface area (Å²) in [6, 6.07) is 16.2. The first-order valence-electron chi connectivity index (χ1n) is 9.42. The molecule has 1 aliphatic rings. The molecule has 4 rings (SSSR count). The summed E-state index contributed by atoms with van der Waals surface area (Å²) in [6.45, 7) is 6.74. The fraction of sp³-hybridized carbons (Fsp3) is 0.333. The third-order valence-electron chi connectivity index (χ3n) is 4.77. The predicted molar refractivity (Wildman–Crippen MR) is 115 cm³/mol. The second-order valence-electron chi connectivity index (χ2n) is 6.79. The smallest absolute Gasteiger partial charge is 0.196 e. The molecular formula is C21H23ClN4OS. The van der Waals surface area contributed by atoms with Crippen LogP contribution in [0.25, 0.3) is 17.1 Å². The van der Waals surface area contributed by atoms with Crippen molar-refractivity contribution in [1.29, 1.82) is 0 Å². The zero-order valence-electron chi connectivity index (χ0n) is 15.8. The third kappa shape index (κ3) is 4.58. The topological polar surface area (TPSA) is 43.2 Å². The highest BCUT2D eigenvalue weighted by molar-refractivity contribution is 7.99. The third-order valence-corrected chi connectivity index (χ3v) is 5.93. The van der Waals surface area contributed by atoms with Crippen molar-refractivity contribution in [1.82, 2.24) is 19.7 Å². The van der Waals surface area contributed by atoms with Gasteiger partial charge in [-0.15, -0.1) is 10.2 Å². The Labute approximate surface area is 174 Å². The van der Waals surface area contributed by atoms with Crippen molar-refractivity contribution < 1.29 is 4.74 Å². The summed E-state index contributed by atoms with van der Waals surface area (Å²) < 4.78 is 7.54. The van der Waals surface area contributed by atoms with E-state index in [0.29, 0.717) is 0 Å². The molecular weight excluding hydrogens is 392 g/mol. The summed E-state index contributed by atoms with van der Waals surface area (Å²) in [5.41, 5.74) is 3.29. The van der Waals surface area contributed by atoms with Gasteiger partial charge in [-0.05, 0) is 31.2 Å². The van der Waals surface area contributed by atoms with E-state index in [2.05, 4.69) is 50.9 Å². The van der Waals surface area contributed by atoms with Crippen LogP contribution in [0.1, 0.15) is 5.56 Å². The van der Waals surface area contributed by atoms with Crippen LogP contribution >= 0.6 is 23.4 Å². The van der Waals surface area contributed by atoms with E-state index in [0.717, 1.165) is 65.9 Å². The quantitative estimate of drug-likeness (QED) is 0.562. The highest BCUT2D eigenvalue weighted by Gasteiger charge is 2.17. The molecule has 146 valence electrons. The van der Waals surface area contributed by atoms with Crippen LogP contribution in [0.2, 0.25) is 5.02 Å². The van der Waals surface area contributed by atoms with Crippen molar-refractivity contribution in [2.24, 2.45) is 0 Å². The first kappa shape index (κ1) is 19.5. The van der Waals surface area contributed by atoms with E-state index in [1.54, 1.807) is 11.8 Å². The molecule has 5 nitrogen and oxygen atoms in total. The van der Waals surface area contributed by atoms with Gasteiger partial charge in [0.15, 0.2) is 11.0 Å². The lowest BCUT2D eigenvalue weighted by atomic mass is 10.1. The second kappa shape index (κ2) is 9.09. The lowest BCUT2D eigenvalue weighted by Gasteiger charge is -2.26. The van der Waals surface area contributed by atoms with Gasteiger partial charge in [0.1, 0.15) is 0 Å². The molecule has 0 radical (unpaired) electrons. The van der Waals surface area contributed by atoms with Gasteiger partial charge < -0.3 is 4.74 Å². The van der Waals surface area contributed by atoms with Crippen molar-refractivity contribution in [3.63, 3.8) is 0 Å². The molecule has 1 aromatic heterocycles. The highest BCUT2D eigenvalue weighted by Crippen LogP contribution is 2.28. The number of hydrogen-bond acceptors (Lipinski definition) is 5. The Balaban J connectivity index is 1.60. The van der Waals surface area contributed by atoms with Gasteiger partial charge in [-0.1, -0.05) is 53.2 Å². The summed E-state index contributed by atoms with van der Waals surface area (Å²) in [5, 5.41) is 10.6. The van der Waals surface area contributed by atoms with Crippen LogP contribution in [-0.4, -0.2) is 58.3 Å². The number of benzene rings is 2. The van der Waals surface area contributed by atoms with Gasteiger partial charge in [-0.25, -0.2) is 0 Å². The molecule has 2 aromatic carbocycles. The van der Waals surface area contributed by atoms with Crippen LogP contribution in [0.3, 0.4) is 0 Å². The Morgan fingerprint density at radius 2 is 1.71 bits per heavy atom. The van der Waals surface area contributed by atoms with Gasteiger partial charge in [0.05, 0.1) is 13.2 Å². The summed E-state index contributed by atoms with van der Waals surface area (Å²) in [5.74, 6) is 1.80. The van der Waals surface area contributed by atoms with Crippen LogP contribution in [0.15, 0.2) is 53.7 Å². The zero-order chi connectivity index (χ0) is 19.3. The Kier molecular flexibility index (Phi) is 6.32. The molecule has 28 heavy (non-hydrogen) atoms. The van der Waals surface area contributed by atoms with Gasteiger partial charge in [-0.2, -0.15) is 0 Å². The number of aromatic nitrogens is 3. The molecule has 7 heteroatoms. The Bertz CT molecular complexity index is 905. The van der Waals surface area contributed by atoms with Crippen molar-refractivity contribution in [3.8, 4) is 17.1 Å². The summed E-state index contributed by atoms with van der Waals surface area (Å²) in [7, 11) is 0. The minimum atomic E-state index is 0.718. The molecule has 0 bridgehead atoms. The fourth-order valence-electron chi connectivity index (χ4n) is 3.17. The van der Waals surface area contributed by atoms with E-state index in [-0.39, 0.29) is 0 Å². The lowest BCUT2D eigenvalue weighted by molar-refractivity contribution is 0.0410. The van der Waals surface area contributed by atoms with E-state index >= 15 is 0 Å². The van der Waals surface area contributed by atoms with E-state index in [1.165, 1.54) is 5.56 Å². The molecule has 0 unspecified atom stereocenters. The molecule has 0 spiro atoms. The molecule has 3 aromatic rings. The molecule has 0 saturated carbocycles. The second-order valence-corrected chi connectivity index (χ2v) is 8.29. The number of thioether (sulfide) groups is 1. The standard InChI is InChI=1S/C21H23ClN4OS/c1-16-2-4-17(5-3-16)20-23-24-21(26(20)19-8-6-18(22)7-9-19)28-15-12-25-10-13-27-14-11-25/h2-9H,10-15H2,1H3. The normalized spacial score (nSPS) is 15.1. The molecule has 2 heterocycles. The van der Waals surface area contributed by atoms with Gasteiger partial charge in [0, 0.05) is 41.7 Å². The van der Waals surface area contributed by atoms with Crippen LogP contribution in [0, 0.1) is 6.92 Å². The van der Waals surface area contributed by atoms with E-state index in [4.69, 9.17) is 16.3 Å². The molecule has 0 N–H and O–H groups in total. The highest BCUT2D eigenvalue weighted by atomic mass is 35.5. The summed E-state index contributed by atoms with van der Waals surface area (Å²) in [4.78, 5) is 2.43. The molecule has 1 saturated heterocycles. The van der Waals surface area contributed by atoms with Crippen LogP contribution in [-0.2, 0) is 4.74 Å². The first-order valence-corrected chi connectivity index (χ1v) is 10.8. The van der Waals surface area contributed by atoms with Crippen molar-refractivity contribution in [3.05, 3.63) is 59.1 Å². The van der Waals surface area contributed by atoms with E-state index in [1.807, 2.05) is 24.3 Å². The van der Waals surface area contributed by atoms with E-state index in [9.17, 15) is 0 Å². The number of aryl methyl sites for hydroxylation is 1. The lowest BCUT2D eigenvalue weighted by Crippen LogP contribution is -2.37. The number of rotatable bonds is 6. The monoisotopic (exact) mass is 414 g/mol. The Hall–Kier alpha value is -1.86. The maximum atomic E-state index is 6.10. The molecule has 0 atom stereocenters. The van der Waals surface area contributed by atoms with E-state index < -0.39 is 0 Å². The number of halogens is 1. The maximum Gasteiger partial charge on any atom is 0.196 e. The van der Waals surface area contributed by atoms with Crippen LogP contribution in [0.5, 0.6) is 0 Å². The number of ether oxygens (including phenoxy) is 1. The Morgan fingerprint density at radius 1 is 1.00 bits per heavy atom. The average Bonchev–Trinajstić information content (AvgIpc) is 3.14. The zero-order valence-corrected chi connectivity index (χ0v) is 17.4. The summed E-state index contributed by atoms with van der Waals surface area (Å²) >= 11 is 7.83. The number of hydrogen-bond donors (Lipinski definition) is 0. The average molecular weight is 415 g/mol. The van der Waals surface area contributed by atoms with Gasteiger partial charge in [0.2, 0.25) is 0 Å². The maximum absolute atomic E-state index is 6.10. The summed E-state index contributed by atoms with van der Waals surface area (Å²) in [6.07, 6.45) is 0. The fourth-order valence-corrected chi connectivity index (χ4v) is 4.24. The van der Waals surface area contributed by atoms with Gasteiger partial charge in [0.25, 0.3) is 0 Å². The van der Waals surface area contributed by atoms with Crippen LogP contribution < -0.4 is 0 Å². The number of morpholine rings is 1. The van der Waals surface area contributed by atoms with Gasteiger partial charge >= 0.3 is 0 Å². The first-order chi connectivity index (χ1) is 13.7. The molecule has 1 aliphatic heterocycles. The Morgan fingerprint density at radius 3 is 2.43 bits per heavy atom. The van der Waals surface area contributed by atoms with Crippen molar-refractivity contribution in [2.75, 3.05) is 38.6 Å². The number of nitrogens with zero attached hydrogens (tertiary/aromatic N) is 4. The predicted octanol–water partition coefficient (Wildman–Crippen LogP) is 4.32. The van der Waals surface area contributed by atoms with Crippen LogP contribution in [0.4, 0.5) is 0 Å². The minimum absolute atomic E-state index is 0.718. The largest absolute Gasteiger partial charge is 0.379 e. The SMILES string of the molecule is Cc1ccc(-c2nnc(SCCN3CCOCC3)n2-c2ccc(Cl)cc2)cc1. The van der Waals surface area contributed by atoms with Crippen molar-refractivity contribution in [2.45, 2.75) is 12.1 Å². The van der Waals surface area contributed by atoms with Gasteiger partial charge in [-0.3, -0.25) is 9.47 Å². The minimum Gasteiger partial charge on any atom is -0.379 e. The molecule has 0 aliphatic carbocycles. The molecule has 1 fully saturated rings. The van der Waals surface area contributed by atoms with Crippen molar-refractivity contribution >= 4 is 23.4 Å².